The molecule has 1 rings (SSSR count). The minimum atomic E-state index is 0.100. The quantitative estimate of drug-likeness (QED) is 0.721. The van der Waals surface area contributed by atoms with Gasteiger partial charge in [-0.2, -0.15) is 11.8 Å². The van der Waals surface area contributed by atoms with E-state index in [0.717, 1.165) is 0 Å². The molecule has 0 unspecified atom stereocenters. The van der Waals surface area contributed by atoms with Gasteiger partial charge < -0.3 is 9.47 Å². The molecular formula is C11H14O3S. The maximum absolute atomic E-state index is 11.6. The van der Waals surface area contributed by atoms with Crippen molar-refractivity contribution >= 4 is 17.5 Å². The summed E-state index contributed by atoms with van der Waals surface area (Å²) in [6, 6.07) is 5.20. The highest BCUT2D eigenvalue weighted by atomic mass is 32.2. The van der Waals surface area contributed by atoms with Crippen molar-refractivity contribution in [3.63, 3.8) is 0 Å². The molecule has 0 aliphatic rings. The Hall–Kier alpha value is -1.16. The summed E-state index contributed by atoms with van der Waals surface area (Å²) in [4.78, 5) is 11.6. The van der Waals surface area contributed by atoms with E-state index in [9.17, 15) is 4.79 Å². The molecule has 0 aromatic heterocycles. The van der Waals surface area contributed by atoms with Crippen LogP contribution >= 0.6 is 11.8 Å². The van der Waals surface area contributed by atoms with Gasteiger partial charge >= 0.3 is 0 Å². The maximum Gasteiger partial charge on any atom is 0.172 e. The van der Waals surface area contributed by atoms with Gasteiger partial charge in [-0.15, -0.1) is 0 Å². The number of hydrogen-bond acceptors (Lipinski definition) is 4. The van der Waals surface area contributed by atoms with Crippen molar-refractivity contribution in [3.05, 3.63) is 23.8 Å². The predicted octanol–water partition coefficient (Wildman–Crippen LogP) is 2.25. The Morgan fingerprint density at radius 2 is 1.93 bits per heavy atom. The first-order valence-electron chi connectivity index (χ1n) is 4.47. The van der Waals surface area contributed by atoms with Crippen molar-refractivity contribution in [2.24, 2.45) is 0 Å². The molecule has 4 heteroatoms. The molecule has 0 fully saturated rings. The zero-order chi connectivity index (χ0) is 11.3. The van der Waals surface area contributed by atoms with E-state index in [1.54, 1.807) is 32.4 Å². The summed E-state index contributed by atoms with van der Waals surface area (Å²) in [5.41, 5.74) is 0.655. The average Bonchev–Trinajstić information content (AvgIpc) is 2.28. The highest BCUT2D eigenvalue weighted by Crippen LogP contribution is 2.27. The second-order valence-electron chi connectivity index (χ2n) is 2.93. The summed E-state index contributed by atoms with van der Waals surface area (Å²) in [6.45, 7) is 0. The molecule has 0 amide bonds. The van der Waals surface area contributed by atoms with Crippen LogP contribution in [-0.2, 0) is 0 Å². The maximum atomic E-state index is 11.6. The third-order valence-electron chi connectivity index (χ3n) is 1.98. The normalized spacial score (nSPS) is 9.80. The number of ether oxygens (including phenoxy) is 2. The van der Waals surface area contributed by atoms with Crippen LogP contribution in [0.25, 0.3) is 0 Å². The van der Waals surface area contributed by atoms with Gasteiger partial charge in [-0.1, -0.05) is 0 Å². The van der Waals surface area contributed by atoms with E-state index in [1.165, 1.54) is 11.8 Å². The summed E-state index contributed by atoms with van der Waals surface area (Å²) in [5.74, 6) is 1.81. The van der Waals surface area contributed by atoms with E-state index in [1.807, 2.05) is 6.26 Å². The molecule has 0 aliphatic heterocycles. The van der Waals surface area contributed by atoms with Gasteiger partial charge in [-0.3, -0.25) is 4.79 Å². The number of thioether (sulfide) groups is 1. The van der Waals surface area contributed by atoms with Crippen LogP contribution in [0.4, 0.5) is 0 Å². The Bertz CT molecular complexity index is 350. The molecule has 0 N–H and O–H groups in total. The van der Waals surface area contributed by atoms with E-state index in [2.05, 4.69) is 0 Å². The van der Waals surface area contributed by atoms with Gasteiger partial charge in [0.1, 0.15) is 0 Å². The number of methoxy groups -OCH3 is 2. The van der Waals surface area contributed by atoms with Crippen LogP contribution in [0, 0.1) is 0 Å². The molecule has 0 aliphatic carbocycles. The lowest BCUT2D eigenvalue weighted by atomic mass is 10.1. The molecule has 0 radical (unpaired) electrons. The molecule has 0 saturated carbocycles. The lowest BCUT2D eigenvalue weighted by Gasteiger charge is -2.08. The molecule has 0 saturated heterocycles. The second kappa shape index (κ2) is 5.66. The summed E-state index contributed by atoms with van der Waals surface area (Å²) in [6.07, 6.45) is 1.90. The van der Waals surface area contributed by atoms with Crippen molar-refractivity contribution in [3.8, 4) is 11.5 Å². The summed E-state index contributed by atoms with van der Waals surface area (Å²) in [5, 5.41) is 0. The van der Waals surface area contributed by atoms with Crippen LogP contribution in [0.5, 0.6) is 11.5 Å². The van der Waals surface area contributed by atoms with Gasteiger partial charge in [-0.05, 0) is 24.5 Å². The zero-order valence-corrected chi connectivity index (χ0v) is 9.89. The Morgan fingerprint density at radius 3 is 2.47 bits per heavy atom. The van der Waals surface area contributed by atoms with E-state index in [4.69, 9.17) is 9.47 Å². The first-order valence-corrected chi connectivity index (χ1v) is 5.86. The first kappa shape index (κ1) is 11.9. The van der Waals surface area contributed by atoms with Gasteiger partial charge in [0, 0.05) is 5.56 Å². The molecular weight excluding hydrogens is 212 g/mol. The summed E-state index contributed by atoms with van der Waals surface area (Å²) in [7, 11) is 3.13. The standard InChI is InChI=1S/C11H14O3S/c1-13-10-5-4-8(6-11(10)14-2)9(12)7-15-3/h4-6H,7H2,1-3H3. The minimum absolute atomic E-state index is 0.100. The molecule has 0 spiro atoms. The van der Waals surface area contributed by atoms with E-state index in [-0.39, 0.29) is 5.78 Å². The van der Waals surface area contributed by atoms with Crippen LogP contribution in [0.1, 0.15) is 10.4 Å². The molecule has 0 heterocycles. The van der Waals surface area contributed by atoms with Gasteiger partial charge in [0.05, 0.1) is 20.0 Å². The number of ketones is 1. The Morgan fingerprint density at radius 1 is 1.27 bits per heavy atom. The van der Waals surface area contributed by atoms with Gasteiger partial charge in [-0.25, -0.2) is 0 Å². The fraction of sp³-hybridized carbons (Fsp3) is 0.364. The Balaban J connectivity index is 2.97. The summed E-state index contributed by atoms with van der Waals surface area (Å²) >= 11 is 1.51. The number of Topliss-reactive ketones (excluding diaryl/α,β-unsaturated/α-hetero) is 1. The van der Waals surface area contributed by atoms with E-state index < -0.39 is 0 Å². The van der Waals surface area contributed by atoms with Crippen molar-refractivity contribution in [2.45, 2.75) is 0 Å². The summed E-state index contributed by atoms with van der Waals surface area (Å²) < 4.78 is 10.2. The smallest absolute Gasteiger partial charge is 0.172 e. The minimum Gasteiger partial charge on any atom is -0.493 e. The fourth-order valence-corrected chi connectivity index (χ4v) is 1.65. The largest absolute Gasteiger partial charge is 0.493 e. The van der Waals surface area contributed by atoms with Crippen LogP contribution in [-0.4, -0.2) is 32.0 Å². The molecule has 1 aromatic carbocycles. The lowest BCUT2D eigenvalue weighted by Crippen LogP contribution is -2.02. The Labute approximate surface area is 93.8 Å². The topological polar surface area (TPSA) is 35.5 Å². The van der Waals surface area contributed by atoms with Gasteiger partial charge in [0.25, 0.3) is 0 Å². The number of rotatable bonds is 5. The van der Waals surface area contributed by atoms with Crippen LogP contribution < -0.4 is 9.47 Å². The number of hydrogen-bond donors (Lipinski definition) is 0. The second-order valence-corrected chi connectivity index (χ2v) is 3.79. The van der Waals surface area contributed by atoms with Gasteiger partial charge in [0.15, 0.2) is 17.3 Å². The van der Waals surface area contributed by atoms with Crippen LogP contribution in [0.3, 0.4) is 0 Å². The number of carbonyl (C=O) groups is 1. The Kier molecular flexibility index (Phi) is 4.49. The molecule has 0 bridgehead atoms. The number of carbonyl (C=O) groups excluding carboxylic acids is 1. The average molecular weight is 226 g/mol. The highest BCUT2D eigenvalue weighted by Gasteiger charge is 2.09. The fourth-order valence-electron chi connectivity index (χ4n) is 1.22. The molecule has 82 valence electrons. The number of benzene rings is 1. The van der Waals surface area contributed by atoms with E-state index >= 15 is 0 Å². The van der Waals surface area contributed by atoms with Crippen LogP contribution in [0.15, 0.2) is 18.2 Å². The van der Waals surface area contributed by atoms with Crippen molar-refractivity contribution in [2.75, 3.05) is 26.2 Å². The molecule has 15 heavy (non-hydrogen) atoms. The zero-order valence-electron chi connectivity index (χ0n) is 9.07. The first-order chi connectivity index (χ1) is 7.22. The molecule has 0 atom stereocenters. The third-order valence-corrected chi connectivity index (χ3v) is 2.53. The van der Waals surface area contributed by atoms with Crippen molar-refractivity contribution < 1.29 is 14.3 Å². The van der Waals surface area contributed by atoms with Crippen LogP contribution in [0.2, 0.25) is 0 Å². The lowest BCUT2D eigenvalue weighted by molar-refractivity contribution is 0.102. The molecule has 3 nitrogen and oxygen atoms in total. The van der Waals surface area contributed by atoms with Crippen molar-refractivity contribution in [1.82, 2.24) is 0 Å². The molecule has 1 aromatic rings. The predicted molar refractivity (Wildman–Crippen MR) is 62.3 cm³/mol. The monoisotopic (exact) mass is 226 g/mol. The SMILES string of the molecule is COc1ccc(C(=O)CSC)cc1OC. The van der Waals surface area contributed by atoms with Crippen molar-refractivity contribution in [1.29, 1.82) is 0 Å². The highest BCUT2D eigenvalue weighted by molar-refractivity contribution is 7.99. The van der Waals surface area contributed by atoms with Gasteiger partial charge in [0.2, 0.25) is 0 Å². The van der Waals surface area contributed by atoms with E-state index in [0.29, 0.717) is 22.8 Å². The third kappa shape index (κ3) is 2.89.